The number of hydrogen-bond acceptors (Lipinski definition) is 5. The van der Waals surface area contributed by atoms with E-state index < -0.39 is 5.60 Å². The lowest BCUT2D eigenvalue weighted by Crippen LogP contribution is -2.41. The van der Waals surface area contributed by atoms with Gasteiger partial charge in [-0.05, 0) is 49.2 Å². The van der Waals surface area contributed by atoms with Crippen molar-refractivity contribution in [3.8, 4) is 0 Å². The van der Waals surface area contributed by atoms with Gasteiger partial charge in [0, 0.05) is 6.54 Å². The number of rotatable bonds is 4. The Morgan fingerprint density at radius 3 is 2.87 bits per heavy atom. The average molecular weight is 211 g/mol. The number of aliphatic hydroxyl groups is 1. The van der Waals surface area contributed by atoms with Crippen LogP contribution in [0.3, 0.4) is 0 Å². The number of hydrogen-bond donors (Lipinski definition) is 2. The Balaban J connectivity index is 1.72. The Kier molecular flexibility index (Phi) is 3.27. The molecule has 0 aromatic carbocycles. The van der Waals surface area contributed by atoms with Crippen LogP contribution in [0.25, 0.3) is 0 Å². The summed E-state index contributed by atoms with van der Waals surface area (Å²) in [5.74, 6) is 0. The van der Waals surface area contributed by atoms with Crippen molar-refractivity contribution in [2.45, 2.75) is 37.8 Å². The standard InChI is InChI=1S/C9H17N5O/c15-9(3-5-10-6-4-9)2-1-7-14-8-11-12-13-14/h8,10,15H,1-7H2. The van der Waals surface area contributed by atoms with E-state index in [0.717, 1.165) is 45.3 Å². The Morgan fingerprint density at radius 1 is 1.40 bits per heavy atom. The molecule has 1 saturated heterocycles. The van der Waals surface area contributed by atoms with Gasteiger partial charge in [0.1, 0.15) is 6.33 Å². The van der Waals surface area contributed by atoms with Crippen molar-refractivity contribution in [2.75, 3.05) is 13.1 Å². The summed E-state index contributed by atoms with van der Waals surface area (Å²) in [5, 5.41) is 24.4. The first-order valence-electron chi connectivity index (χ1n) is 5.42. The highest BCUT2D eigenvalue weighted by molar-refractivity contribution is 4.83. The molecule has 2 N–H and O–H groups in total. The second-order valence-corrected chi connectivity index (χ2v) is 4.15. The van der Waals surface area contributed by atoms with Crippen LogP contribution < -0.4 is 5.32 Å². The Bertz CT molecular complexity index is 281. The molecule has 6 nitrogen and oxygen atoms in total. The van der Waals surface area contributed by atoms with Gasteiger partial charge in [0.05, 0.1) is 5.60 Å². The van der Waals surface area contributed by atoms with Crippen LogP contribution in [0.15, 0.2) is 6.33 Å². The number of piperidine rings is 1. The first kappa shape index (κ1) is 10.5. The molecule has 0 amide bonds. The summed E-state index contributed by atoms with van der Waals surface area (Å²) < 4.78 is 1.70. The molecule has 2 heterocycles. The minimum absolute atomic E-state index is 0.473. The predicted molar refractivity (Wildman–Crippen MR) is 54.1 cm³/mol. The third-order valence-electron chi connectivity index (χ3n) is 2.96. The molecule has 0 bridgehead atoms. The zero-order chi connectivity index (χ0) is 10.6. The zero-order valence-electron chi connectivity index (χ0n) is 8.76. The second kappa shape index (κ2) is 4.67. The lowest BCUT2D eigenvalue weighted by molar-refractivity contribution is -0.000282. The predicted octanol–water partition coefficient (Wildman–Crippen LogP) is -0.432. The lowest BCUT2D eigenvalue weighted by Gasteiger charge is -2.32. The molecular weight excluding hydrogens is 194 g/mol. The smallest absolute Gasteiger partial charge is 0.138 e. The van der Waals surface area contributed by atoms with E-state index in [9.17, 15) is 5.11 Å². The van der Waals surface area contributed by atoms with Crippen molar-refractivity contribution in [1.29, 1.82) is 0 Å². The molecule has 6 heteroatoms. The highest BCUT2D eigenvalue weighted by Gasteiger charge is 2.28. The molecule has 1 fully saturated rings. The molecule has 0 spiro atoms. The van der Waals surface area contributed by atoms with Crippen LogP contribution in [-0.4, -0.2) is 44.0 Å². The van der Waals surface area contributed by atoms with Gasteiger partial charge >= 0.3 is 0 Å². The quantitative estimate of drug-likeness (QED) is 0.706. The van der Waals surface area contributed by atoms with Gasteiger partial charge in [-0.2, -0.15) is 0 Å². The number of aromatic nitrogens is 4. The minimum Gasteiger partial charge on any atom is -0.390 e. The van der Waals surface area contributed by atoms with E-state index in [1.54, 1.807) is 11.0 Å². The van der Waals surface area contributed by atoms with E-state index in [-0.39, 0.29) is 0 Å². The maximum atomic E-state index is 10.2. The maximum absolute atomic E-state index is 10.2. The van der Waals surface area contributed by atoms with Crippen LogP contribution in [0.4, 0.5) is 0 Å². The van der Waals surface area contributed by atoms with Gasteiger partial charge in [-0.25, -0.2) is 4.68 Å². The van der Waals surface area contributed by atoms with Crippen molar-refractivity contribution < 1.29 is 5.11 Å². The molecule has 84 valence electrons. The molecule has 2 rings (SSSR count). The van der Waals surface area contributed by atoms with Crippen LogP contribution in [0, 0.1) is 0 Å². The fourth-order valence-corrected chi connectivity index (χ4v) is 1.99. The van der Waals surface area contributed by atoms with Gasteiger partial charge in [-0.1, -0.05) is 0 Å². The molecule has 1 aliphatic rings. The molecule has 1 aromatic rings. The molecule has 1 aliphatic heterocycles. The van der Waals surface area contributed by atoms with Gasteiger partial charge in [0.15, 0.2) is 0 Å². The van der Waals surface area contributed by atoms with Gasteiger partial charge < -0.3 is 10.4 Å². The molecule has 0 radical (unpaired) electrons. The Labute approximate surface area is 88.7 Å². The Morgan fingerprint density at radius 2 is 2.20 bits per heavy atom. The largest absolute Gasteiger partial charge is 0.390 e. The van der Waals surface area contributed by atoms with Gasteiger partial charge in [-0.15, -0.1) is 5.10 Å². The summed E-state index contributed by atoms with van der Waals surface area (Å²) in [5.41, 5.74) is -0.473. The number of nitrogens with zero attached hydrogens (tertiary/aromatic N) is 4. The first-order valence-corrected chi connectivity index (χ1v) is 5.42. The third-order valence-corrected chi connectivity index (χ3v) is 2.96. The third kappa shape index (κ3) is 2.97. The van der Waals surface area contributed by atoms with Crippen molar-refractivity contribution >= 4 is 0 Å². The second-order valence-electron chi connectivity index (χ2n) is 4.15. The zero-order valence-corrected chi connectivity index (χ0v) is 8.76. The molecule has 0 aliphatic carbocycles. The summed E-state index contributed by atoms with van der Waals surface area (Å²) in [4.78, 5) is 0. The molecule has 0 unspecified atom stereocenters. The summed E-state index contributed by atoms with van der Waals surface area (Å²) in [6, 6.07) is 0. The summed E-state index contributed by atoms with van der Waals surface area (Å²) in [6.07, 6.45) is 5.05. The fraction of sp³-hybridized carbons (Fsp3) is 0.889. The first-order chi connectivity index (χ1) is 7.29. The highest BCUT2D eigenvalue weighted by atomic mass is 16.3. The van der Waals surface area contributed by atoms with Crippen LogP contribution in [0.5, 0.6) is 0 Å². The van der Waals surface area contributed by atoms with Crippen LogP contribution >= 0.6 is 0 Å². The number of aryl methyl sites for hydroxylation is 1. The van der Waals surface area contributed by atoms with Crippen molar-refractivity contribution in [2.24, 2.45) is 0 Å². The van der Waals surface area contributed by atoms with Gasteiger partial charge in [0.25, 0.3) is 0 Å². The van der Waals surface area contributed by atoms with E-state index >= 15 is 0 Å². The van der Waals surface area contributed by atoms with Crippen LogP contribution in [0.2, 0.25) is 0 Å². The van der Waals surface area contributed by atoms with Gasteiger partial charge in [-0.3, -0.25) is 0 Å². The summed E-state index contributed by atoms with van der Waals surface area (Å²) in [6.45, 7) is 2.62. The van der Waals surface area contributed by atoms with E-state index in [1.807, 2.05) is 0 Å². The maximum Gasteiger partial charge on any atom is 0.138 e. The van der Waals surface area contributed by atoms with E-state index in [4.69, 9.17) is 0 Å². The fourth-order valence-electron chi connectivity index (χ4n) is 1.99. The van der Waals surface area contributed by atoms with E-state index in [0.29, 0.717) is 0 Å². The van der Waals surface area contributed by atoms with Crippen molar-refractivity contribution in [3.63, 3.8) is 0 Å². The number of tetrazole rings is 1. The van der Waals surface area contributed by atoms with Crippen LogP contribution in [0.1, 0.15) is 25.7 Å². The van der Waals surface area contributed by atoms with Crippen molar-refractivity contribution in [1.82, 2.24) is 25.5 Å². The minimum atomic E-state index is -0.473. The topological polar surface area (TPSA) is 75.9 Å². The molecule has 0 atom stereocenters. The average Bonchev–Trinajstić information content (AvgIpc) is 2.71. The lowest BCUT2D eigenvalue weighted by atomic mass is 9.88. The number of nitrogens with one attached hydrogen (secondary N) is 1. The summed E-state index contributed by atoms with van der Waals surface area (Å²) >= 11 is 0. The molecular formula is C9H17N5O. The normalized spacial score (nSPS) is 20.3. The van der Waals surface area contributed by atoms with E-state index in [2.05, 4.69) is 20.8 Å². The Hall–Kier alpha value is -1.01. The SMILES string of the molecule is OC1(CCCn2cnnn2)CCNCC1. The molecule has 0 saturated carbocycles. The van der Waals surface area contributed by atoms with Crippen molar-refractivity contribution in [3.05, 3.63) is 6.33 Å². The monoisotopic (exact) mass is 211 g/mol. The molecule has 15 heavy (non-hydrogen) atoms. The summed E-state index contributed by atoms with van der Waals surface area (Å²) in [7, 11) is 0. The van der Waals surface area contributed by atoms with Gasteiger partial charge in [0.2, 0.25) is 0 Å². The van der Waals surface area contributed by atoms with Crippen LogP contribution in [-0.2, 0) is 6.54 Å². The van der Waals surface area contributed by atoms with E-state index in [1.165, 1.54) is 0 Å². The molecule has 1 aromatic heterocycles. The highest BCUT2D eigenvalue weighted by Crippen LogP contribution is 2.23.